The van der Waals surface area contributed by atoms with Crippen molar-refractivity contribution in [2.24, 2.45) is 40.6 Å². The Balaban J connectivity index is 1.45. The number of amides is 2. The van der Waals surface area contributed by atoms with Gasteiger partial charge in [0.25, 0.3) is 17.5 Å². The third-order valence-electron chi connectivity index (χ3n) is 6.14. The van der Waals surface area contributed by atoms with E-state index in [-0.39, 0.29) is 46.2 Å². The molecule has 6 atom stereocenters. The zero-order valence-electron chi connectivity index (χ0n) is 13.5. The van der Waals surface area contributed by atoms with Crippen LogP contribution in [0.4, 0.5) is 5.69 Å². The molecule has 1 aromatic rings. The minimum absolute atomic E-state index is 0.132. The van der Waals surface area contributed by atoms with E-state index in [9.17, 15) is 19.7 Å². The molecule has 132 valence electrons. The van der Waals surface area contributed by atoms with Gasteiger partial charge in [0.2, 0.25) is 0 Å². The van der Waals surface area contributed by atoms with E-state index in [1.54, 1.807) is 0 Å². The highest BCUT2D eigenvalue weighted by atomic mass is 35.5. The molecule has 2 amide bonds. The molecule has 0 aromatic heterocycles. The van der Waals surface area contributed by atoms with E-state index >= 15 is 0 Å². The van der Waals surface area contributed by atoms with Crippen LogP contribution in [0.15, 0.2) is 35.5 Å². The average Bonchev–Trinajstić information content (AvgIpc) is 3.40. The molecule has 2 saturated carbocycles. The molecule has 2 bridgehead atoms. The van der Waals surface area contributed by atoms with Crippen molar-refractivity contribution in [1.82, 2.24) is 5.01 Å². The Labute approximate surface area is 153 Å². The molecule has 3 fully saturated rings. The first-order valence-electron chi connectivity index (χ1n) is 8.51. The Morgan fingerprint density at radius 3 is 2.35 bits per heavy atom. The number of hydrazone groups is 1. The van der Waals surface area contributed by atoms with Gasteiger partial charge in [-0.2, -0.15) is 10.1 Å². The van der Waals surface area contributed by atoms with Crippen LogP contribution in [0.1, 0.15) is 12.0 Å². The highest BCUT2D eigenvalue weighted by Crippen LogP contribution is 2.65. The van der Waals surface area contributed by atoms with E-state index in [1.807, 2.05) is 0 Å². The van der Waals surface area contributed by atoms with Crippen LogP contribution in [0.5, 0.6) is 0 Å². The lowest BCUT2D eigenvalue weighted by Crippen LogP contribution is -2.40. The summed E-state index contributed by atoms with van der Waals surface area (Å²) in [6, 6.07) is 3.95. The van der Waals surface area contributed by atoms with E-state index in [4.69, 9.17) is 11.6 Å². The molecular formula is C18H14ClN3O4. The fraction of sp³-hybridized carbons (Fsp3) is 0.389. The topological polar surface area (TPSA) is 92.9 Å². The molecule has 1 aromatic carbocycles. The van der Waals surface area contributed by atoms with Gasteiger partial charge in [-0.3, -0.25) is 19.7 Å². The number of nitro groups is 1. The van der Waals surface area contributed by atoms with E-state index in [0.29, 0.717) is 17.4 Å². The Bertz CT molecular complexity index is 891. The summed E-state index contributed by atoms with van der Waals surface area (Å²) in [6.45, 7) is 0. The molecule has 0 unspecified atom stereocenters. The number of nitrogens with zero attached hydrogens (tertiary/aromatic N) is 3. The van der Waals surface area contributed by atoms with E-state index in [0.717, 1.165) is 11.4 Å². The molecule has 0 spiro atoms. The number of rotatable bonds is 3. The minimum Gasteiger partial charge on any atom is -0.272 e. The highest BCUT2D eigenvalue weighted by Gasteiger charge is 2.67. The first-order chi connectivity index (χ1) is 12.5. The van der Waals surface area contributed by atoms with Crippen LogP contribution < -0.4 is 0 Å². The highest BCUT2D eigenvalue weighted by molar-refractivity contribution is 6.33. The number of hydrogen-bond donors (Lipinski definition) is 0. The van der Waals surface area contributed by atoms with Crippen molar-refractivity contribution in [2.75, 3.05) is 0 Å². The predicted octanol–water partition coefficient (Wildman–Crippen LogP) is 2.64. The molecule has 1 saturated heterocycles. The van der Waals surface area contributed by atoms with Gasteiger partial charge in [0.1, 0.15) is 0 Å². The number of carbonyl (C=O) groups is 2. The Morgan fingerprint density at radius 1 is 1.15 bits per heavy atom. The first kappa shape index (κ1) is 15.7. The van der Waals surface area contributed by atoms with Gasteiger partial charge in [0.05, 0.1) is 23.0 Å². The lowest BCUT2D eigenvalue weighted by atomic mass is 9.63. The fourth-order valence-corrected chi connectivity index (χ4v) is 5.08. The van der Waals surface area contributed by atoms with Crippen LogP contribution in [-0.2, 0) is 9.59 Å². The molecule has 26 heavy (non-hydrogen) atoms. The number of hydrogen-bond acceptors (Lipinski definition) is 5. The normalized spacial score (nSPS) is 36.6. The number of carbonyl (C=O) groups excluding carboxylic acids is 2. The summed E-state index contributed by atoms with van der Waals surface area (Å²) in [5, 5.41) is 16.2. The summed E-state index contributed by atoms with van der Waals surface area (Å²) in [7, 11) is 0. The summed E-state index contributed by atoms with van der Waals surface area (Å²) in [6.07, 6.45) is 6.53. The summed E-state index contributed by atoms with van der Waals surface area (Å²) in [5.74, 6) is 0.125. The monoisotopic (exact) mass is 371 g/mol. The van der Waals surface area contributed by atoms with Gasteiger partial charge in [-0.15, -0.1) is 0 Å². The zero-order valence-corrected chi connectivity index (χ0v) is 14.2. The molecule has 1 heterocycles. The van der Waals surface area contributed by atoms with Gasteiger partial charge >= 0.3 is 0 Å². The molecule has 0 N–H and O–H groups in total. The number of allylic oxidation sites excluding steroid dienone is 2. The molecule has 5 aliphatic rings. The summed E-state index contributed by atoms with van der Waals surface area (Å²) in [5.41, 5.74) is 0.159. The number of imide groups is 1. The van der Waals surface area contributed by atoms with Crippen molar-refractivity contribution in [2.45, 2.75) is 6.42 Å². The van der Waals surface area contributed by atoms with E-state index < -0.39 is 4.92 Å². The largest absolute Gasteiger partial charge is 0.272 e. The van der Waals surface area contributed by atoms with Gasteiger partial charge in [-0.25, -0.2) is 0 Å². The summed E-state index contributed by atoms with van der Waals surface area (Å²) in [4.78, 5) is 36.0. The smallest absolute Gasteiger partial charge is 0.270 e. The second-order valence-electron chi connectivity index (χ2n) is 7.35. The van der Waals surface area contributed by atoms with Crippen molar-refractivity contribution >= 4 is 35.3 Å². The fourth-order valence-electron chi connectivity index (χ4n) is 4.92. The Hall–Kier alpha value is -2.54. The number of non-ortho nitro benzene ring substituents is 1. The standard InChI is InChI=1S/C18H14ClN3O4/c19-14-4-1-9(22(25)26)5-8(14)7-20-21-17(23)15-10-2-3-11(13-6-12(10)13)16(15)18(21)24/h1-5,7,10-13,15-16H,6H2/t10-,11-,12-,13-,15-,16+/m0/s1. The van der Waals surface area contributed by atoms with Gasteiger partial charge in [0, 0.05) is 22.7 Å². The number of benzene rings is 1. The lowest BCUT2D eigenvalue weighted by Gasteiger charge is -2.37. The third kappa shape index (κ3) is 2.03. The van der Waals surface area contributed by atoms with Gasteiger partial charge in [0.15, 0.2) is 0 Å². The Kier molecular flexibility index (Phi) is 3.16. The van der Waals surface area contributed by atoms with Crippen molar-refractivity contribution < 1.29 is 14.5 Å². The number of halogens is 1. The van der Waals surface area contributed by atoms with E-state index in [1.165, 1.54) is 24.4 Å². The molecule has 0 radical (unpaired) electrons. The predicted molar refractivity (Wildman–Crippen MR) is 92.3 cm³/mol. The molecule has 4 aliphatic carbocycles. The second kappa shape index (κ2) is 5.23. The number of nitro benzene ring substituents is 1. The maximum absolute atomic E-state index is 12.8. The average molecular weight is 372 g/mol. The summed E-state index contributed by atoms with van der Waals surface area (Å²) < 4.78 is 0. The molecule has 6 rings (SSSR count). The minimum atomic E-state index is -0.538. The second-order valence-corrected chi connectivity index (χ2v) is 7.76. The molecular weight excluding hydrogens is 358 g/mol. The van der Waals surface area contributed by atoms with Crippen LogP contribution in [-0.4, -0.2) is 28.0 Å². The van der Waals surface area contributed by atoms with Crippen LogP contribution in [0, 0.1) is 45.6 Å². The van der Waals surface area contributed by atoms with Crippen molar-refractivity contribution in [3.05, 3.63) is 51.1 Å². The van der Waals surface area contributed by atoms with Gasteiger partial charge in [-0.05, 0) is 36.2 Å². The maximum Gasteiger partial charge on any atom is 0.270 e. The quantitative estimate of drug-likeness (QED) is 0.268. The Morgan fingerprint density at radius 2 is 1.77 bits per heavy atom. The van der Waals surface area contributed by atoms with E-state index in [2.05, 4.69) is 17.3 Å². The first-order valence-corrected chi connectivity index (χ1v) is 8.89. The van der Waals surface area contributed by atoms with Crippen molar-refractivity contribution in [1.29, 1.82) is 0 Å². The SMILES string of the molecule is O=C1[C@@H]2[C@H]3C=C[C@@H]([C@@H]4C[C@@H]34)[C@@H]2C(=O)N1N=Cc1cc([N+](=O)[O-])ccc1Cl. The van der Waals surface area contributed by atoms with Crippen LogP contribution in [0.3, 0.4) is 0 Å². The van der Waals surface area contributed by atoms with Crippen LogP contribution in [0.2, 0.25) is 5.02 Å². The van der Waals surface area contributed by atoms with Crippen molar-refractivity contribution in [3.8, 4) is 0 Å². The van der Waals surface area contributed by atoms with Crippen molar-refractivity contribution in [3.63, 3.8) is 0 Å². The molecule has 1 aliphatic heterocycles. The lowest BCUT2D eigenvalue weighted by molar-refractivity contribution is -0.384. The maximum atomic E-state index is 12.8. The molecule has 7 nitrogen and oxygen atoms in total. The molecule has 8 heteroatoms. The summed E-state index contributed by atoms with van der Waals surface area (Å²) >= 11 is 6.05. The third-order valence-corrected chi connectivity index (χ3v) is 6.49. The van der Waals surface area contributed by atoms with Gasteiger partial charge < -0.3 is 0 Å². The van der Waals surface area contributed by atoms with Gasteiger partial charge in [-0.1, -0.05) is 23.8 Å². The zero-order chi connectivity index (χ0) is 18.2. The van der Waals surface area contributed by atoms with Crippen LogP contribution in [0.25, 0.3) is 0 Å². The van der Waals surface area contributed by atoms with Crippen LogP contribution >= 0.6 is 11.6 Å².